The Labute approximate surface area is 143 Å². The van der Waals surface area contributed by atoms with Gasteiger partial charge < -0.3 is 4.98 Å². The first-order valence-electron chi connectivity index (χ1n) is 9.02. The molecule has 2 saturated carbocycles. The second kappa shape index (κ2) is 5.21. The van der Waals surface area contributed by atoms with Crippen molar-refractivity contribution in [3.05, 3.63) is 39.3 Å². The molecule has 2 fully saturated rings. The standard InChI is InChI=1S/C18H21N5O2/c1-21-10-11(9-19-21)14-8-15-16(20-14)17(24)23(13-6-3-7-13)18(25)22(15)12-4-2-5-12/h8-10,12-13,20H,2-7H2,1H3. The van der Waals surface area contributed by atoms with Gasteiger partial charge in [-0.3, -0.25) is 18.6 Å². The molecule has 0 atom stereocenters. The van der Waals surface area contributed by atoms with E-state index in [0.717, 1.165) is 55.3 Å². The molecule has 1 N–H and O–H groups in total. The maximum Gasteiger partial charge on any atom is 0.332 e. The van der Waals surface area contributed by atoms with E-state index in [-0.39, 0.29) is 23.3 Å². The van der Waals surface area contributed by atoms with Gasteiger partial charge in [0, 0.05) is 30.9 Å². The van der Waals surface area contributed by atoms with E-state index in [4.69, 9.17) is 0 Å². The van der Waals surface area contributed by atoms with Crippen LogP contribution in [0.4, 0.5) is 0 Å². The molecular formula is C18H21N5O2. The van der Waals surface area contributed by atoms with E-state index in [1.165, 1.54) is 4.57 Å². The third-order valence-electron chi connectivity index (χ3n) is 5.80. The van der Waals surface area contributed by atoms with Crippen molar-refractivity contribution in [2.45, 2.75) is 50.6 Å². The normalized spacial score (nSPS) is 18.4. The molecule has 5 rings (SSSR count). The molecule has 0 saturated heterocycles. The molecule has 7 nitrogen and oxygen atoms in total. The molecule has 130 valence electrons. The molecule has 0 radical (unpaired) electrons. The lowest BCUT2D eigenvalue weighted by atomic mass is 9.91. The number of aryl methyl sites for hydroxylation is 1. The number of nitrogens with one attached hydrogen (secondary N) is 1. The molecule has 25 heavy (non-hydrogen) atoms. The van der Waals surface area contributed by atoms with Gasteiger partial charge in [-0.05, 0) is 44.6 Å². The minimum atomic E-state index is -0.185. The van der Waals surface area contributed by atoms with Gasteiger partial charge >= 0.3 is 5.69 Å². The molecule has 0 amide bonds. The fraction of sp³-hybridized carbons (Fsp3) is 0.500. The van der Waals surface area contributed by atoms with E-state index in [0.29, 0.717) is 5.52 Å². The van der Waals surface area contributed by atoms with E-state index < -0.39 is 0 Å². The molecule has 2 aliphatic carbocycles. The van der Waals surface area contributed by atoms with E-state index >= 15 is 0 Å². The van der Waals surface area contributed by atoms with Crippen LogP contribution in [-0.2, 0) is 7.05 Å². The molecule has 7 heteroatoms. The van der Waals surface area contributed by atoms with E-state index in [2.05, 4.69) is 10.1 Å². The zero-order valence-electron chi connectivity index (χ0n) is 14.2. The van der Waals surface area contributed by atoms with Crippen LogP contribution in [0.25, 0.3) is 22.3 Å². The van der Waals surface area contributed by atoms with Crippen LogP contribution in [0.15, 0.2) is 28.0 Å². The van der Waals surface area contributed by atoms with Crippen LogP contribution in [0.3, 0.4) is 0 Å². The highest BCUT2D eigenvalue weighted by Gasteiger charge is 2.30. The predicted molar refractivity (Wildman–Crippen MR) is 94.8 cm³/mol. The lowest BCUT2D eigenvalue weighted by molar-refractivity contribution is 0.266. The summed E-state index contributed by atoms with van der Waals surface area (Å²) < 4.78 is 5.08. The zero-order valence-corrected chi connectivity index (χ0v) is 14.2. The van der Waals surface area contributed by atoms with Crippen molar-refractivity contribution >= 4 is 11.0 Å². The smallest absolute Gasteiger partial charge is 0.332 e. The molecule has 0 bridgehead atoms. The van der Waals surface area contributed by atoms with Gasteiger partial charge in [0.1, 0.15) is 5.52 Å². The second-order valence-corrected chi connectivity index (χ2v) is 7.34. The fourth-order valence-corrected chi connectivity index (χ4v) is 3.90. The Bertz CT molecular complexity index is 1080. The van der Waals surface area contributed by atoms with Crippen LogP contribution < -0.4 is 11.2 Å². The number of rotatable bonds is 3. The largest absolute Gasteiger partial charge is 0.349 e. The van der Waals surface area contributed by atoms with Crippen molar-refractivity contribution in [2.24, 2.45) is 7.05 Å². The fourth-order valence-electron chi connectivity index (χ4n) is 3.90. The maximum atomic E-state index is 13.1. The number of aromatic nitrogens is 5. The lowest BCUT2D eigenvalue weighted by Crippen LogP contribution is -2.45. The average Bonchev–Trinajstić information content (AvgIpc) is 3.10. The van der Waals surface area contributed by atoms with Crippen LogP contribution in [0, 0.1) is 0 Å². The minimum absolute atomic E-state index is 0.0564. The molecular weight excluding hydrogens is 318 g/mol. The summed E-state index contributed by atoms with van der Waals surface area (Å²) in [4.78, 5) is 29.4. The van der Waals surface area contributed by atoms with Crippen LogP contribution in [0.1, 0.15) is 50.6 Å². The average molecular weight is 339 g/mol. The Kier molecular flexibility index (Phi) is 3.07. The first-order valence-corrected chi connectivity index (χ1v) is 9.02. The van der Waals surface area contributed by atoms with Gasteiger partial charge in [-0.25, -0.2) is 4.79 Å². The third kappa shape index (κ3) is 2.08. The molecule has 0 aliphatic heterocycles. The van der Waals surface area contributed by atoms with Gasteiger partial charge in [0.15, 0.2) is 0 Å². The Morgan fingerprint density at radius 3 is 2.32 bits per heavy atom. The highest BCUT2D eigenvalue weighted by Crippen LogP contribution is 2.34. The van der Waals surface area contributed by atoms with Gasteiger partial charge in [0.25, 0.3) is 5.56 Å². The van der Waals surface area contributed by atoms with E-state index in [1.807, 2.05) is 23.9 Å². The third-order valence-corrected chi connectivity index (χ3v) is 5.80. The van der Waals surface area contributed by atoms with Crippen LogP contribution in [0.2, 0.25) is 0 Å². The van der Waals surface area contributed by atoms with Crippen molar-refractivity contribution in [2.75, 3.05) is 0 Å². The van der Waals surface area contributed by atoms with Crippen LogP contribution in [0.5, 0.6) is 0 Å². The van der Waals surface area contributed by atoms with Crippen molar-refractivity contribution < 1.29 is 0 Å². The molecule has 3 heterocycles. The molecule has 3 aromatic heterocycles. The number of hydrogen-bond donors (Lipinski definition) is 1. The van der Waals surface area contributed by atoms with Crippen LogP contribution >= 0.6 is 0 Å². The van der Waals surface area contributed by atoms with Crippen molar-refractivity contribution in [1.29, 1.82) is 0 Å². The molecule has 2 aliphatic rings. The van der Waals surface area contributed by atoms with Gasteiger partial charge in [-0.15, -0.1) is 0 Å². The number of fused-ring (bicyclic) bond motifs is 1. The summed E-state index contributed by atoms with van der Waals surface area (Å²) in [5.41, 5.74) is 2.70. The highest BCUT2D eigenvalue weighted by atomic mass is 16.2. The van der Waals surface area contributed by atoms with Crippen LogP contribution in [-0.4, -0.2) is 23.9 Å². The van der Waals surface area contributed by atoms with Crippen molar-refractivity contribution in [3.8, 4) is 11.3 Å². The summed E-state index contributed by atoms with van der Waals surface area (Å²) in [5.74, 6) is 0. The molecule has 0 unspecified atom stereocenters. The molecule has 3 aromatic rings. The quantitative estimate of drug-likeness (QED) is 0.795. The van der Waals surface area contributed by atoms with Gasteiger partial charge in [0.05, 0.1) is 17.4 Å². The summed E-state index contributed by atoms with van der Waals surface area (Å²) in [6, 6.07) is 2.19. The SMILES string of the molecule is Cn1cc(-c2cc3c([nH]2)c(=O)n(C2CCC2)c(=O)n3C2CCC2)cn1. The topological polar surface area (TPSA) is 77.6 Å². The van der Waals surface area contributed by atoms with E-state index in [9.17, 15) is 9.59 Å². The predicted octanol–water partition coefficient (Wildman–Crippen LogP) is 2.34. The van der Waals surface area contributed by atoms with E-state index in [1.54, 1.807) is 10.9 Å². The maximum absolute atomic E-state index is 13.1. The molecule has 0 spiro atoms. The van der Waals surface area contributed by atoms with Crippen molar-refractivity contribution in [1.82, 2.24) is 23.9 Å². The Morgan fingerprint density at radius 1 is 1.08 bits per heavy atom. The number of hydrogen-bond acceptors (Lipinski definition) is 3. The summed E-state index contributed by atoms with van der Waals surface area (Å²) in [6.45, 7) is 0. The van der Waals surface area contributed by atoms with Gasteiger partial charge in [-0.1, -0.05) is 0 Å². The Balaban J connectivity index is 1.80. The number of nitrogens with zero attached hydrogens (tertiary/aromatic N) is 4. The summed E-state index contributed by atoms with van der Waals surface area (Å²) in [7, 11) is 1.86. The van der Waals surface area contributed by atoms with Crippen molar-refractivity contribution in [3.63, 3.8) is 0 Å². The molecule has 0 aromatic carbocycles. The summed E-state index contributed by atoms with van der Waals surface area (Å²) in [6.07, 6.45) is 9.74. The number of H-pyrrole nitrogens is 1. The Hall–Kier alpha value is -2.57. The monoisotopic (exact) mass is 339 g/mol. The van der Waals surface area contributed by atoms with Gasteiger partial charge in [-0.2, -0.15) is 5.10 Å². The minimum Gasteiger partial charge on any atom is -0.349 e. The van der Waals surface area contributed by atoms with Gasteiger partial charge in [0.2, 0.25) is 0 Å². The lowest BCUT2D eigenvalue weighted by Gasteiger charge is -2.32. The summed E-state index contributed by atoms with van der Waals surface area (Å²) in [5, 5.41) is 4.20. The first kappa shape index (κ1) is 14.7. The first-order chi connectivity index (χ1) is 12.1. The zero-order chi connectivity index (χ0) is 17.1. The highest BCUT2D eigenvalue weighted by molar-refractivity contribution is 5.82. The summed E-state index contributed by atoms with van der Waals surface area (Å²) >= 11 is 0. The Morgan fingerprint density at radius 2 is 1.76 bits per heavy atom. The second-order valence-electron chi connectivity index (χ2n) is 7.34. The number of aromatic amines is 1.